The van der Waals surface area contributed by atoms with Crippen LogP contribution in [0.1, 0.15) is 22.5 Å². The van der Waals surface area contributed by atoms with Gasteiger partial charge in [-0.15, -0.1) is 11.3 Å². The Morgan fingerprint density at radius 1 is 1.19 bits per heavy atom. The average molecular weight is 505 g/mol. The van der Waals surface area contributed by atoms with Crippen LogP contribution >= 0.6 is 11.3 Å². The fourth-order valence-electron chi connectivity index (χ4n) is 4.92. The fourth-order valence-corrected chi connectivity index (χ4v) is 6.09. The average Bonchev–Trinajstić information content (AvgIpc) is 3.50. The van der Waals surface area contributed by atoms with Crippen molar-refractivity contribution in [1.29, 1.82) is 0 Å². The second-order valence-corrected chi connectivity index (χ2v) is 10.4. The lowest BCUT2D eigenvalue weighted by atomic mass is 9.81. The van der Waals surface area contributed by atoms with Crippen molar-refractivity contribution in [3.05, 3.63) is 47.6 Å². The van der Waals surface area contributed by atoms with E-state index in [2.05, 4.69) is 10.3 Å². The van der Waals surface area contributed by atoms with Crippen molar-refractivity contribution < 1.29 is 14.6 Å². The molecule has 0 spiro atoms. The summed E-state index contributed by atoms with van der Waals surface area (Å²) in [5, 5.41) is 14.0. The number of rotatable bonds is 6. The highest BCUT2D eigenvalue weighted by Crippen LogP contribution is 2.43. The van der Waals surface area contributed by atoms with E-state index in [-0.39, 0.29) is 18.6 Å². The van der Waals surface area contributed by atoms with Crippen molar-refractivity contribution in [3.63, 3.8) is 0 Å². The number of fused-ring (bicyclic) bond motifs is 1. The van der Waals surface area contributed by atoms with Gasteiger partial charge in [0.2, 0.25) is 0 Å². The van der Waals surface area contributed by atoms with E-state index in [0.29, 0.717) is 54.6 Å². The van der Waals surface area contributed by atoms with Crippen LogP contribution < -0.4 is 5.32 Å². The van der Waals surface area contributed by atoms with Gasteiger partial charge in [0.25, 0.3) is 5.91 Å². The van der Waals surface area contributed by atoms with E-state index < -0.39 is 0 Å². The SMILES string of the molecule is Cn1ccnc1-c1nc(NC2CC(CO)C2)c2c(-c3ccccc3)c(C(=O)N3CCOCC3)sc2n1. The number of aryl methyl sites for hydroxylation is 1. The first-order valence-corrected chi connectivity index (χ1v) is 13.1. The summed E-state index contributed by atoms with van der Waals surface area (Å²) in [5.74, 6) is 2.19. The molecule has 9 nitrogen and oxygen atoms in total. The van der Waals surface area contributed by atoms with Crippen LogP contribution in [0.15, 0.2) is 42.7 Å². The number of carbonyl (C=O) groups excluding carboxylic acids is 1. The van der Waals surface area contributed by atoms with E-state index in [9.17, 15) is 9.90 Å². The predicted molar refractivity (Wildman–Crippen MR) is 139 cm³/mol. The summed E-state index contributed by atoms with van der Waals surface area (Å²) < 4.78 is 7.37. The Balaban J connectivity index is 1.54. The minimum Gasteiger partial charge on any atom is -0.396 e. The first-order valence-electron chi connectivity index (χ1n) is 12.2. The van der Waals surface area contributed by atoms with Crippen molar-refractivity contribution in [3.8, 4) is 22.8 Å². The Morgan fingerprint density at radius 3 is 2.67 bits per heavy atom. The van der Waals surface area contributed by atoms with Crippen LogP contribution in [0.2, 0.25) is 0 Å². The van der Waals surface area contributed by atoms with Crippen molar-refractivity contribution in [2.75, 3.05) is 38.2 Å². The van der Waals surface area contributed by atoms with E-state index in [1.54, 1.807) is 6.20 Å². The third kappa shape index (κ3) is 4.15. The molecule has 36 heavy (non-hydrogen) atoms. The van der Waals surface area contributed by atoms with Crippen molar-refractivity contribution in [2.45, 2.75) is 18.9 Å². The molecule has 0 atom stereocenters. The smallest absolute Gasteiger partial charge is 0.264 e. The molecule has 4 aromatic rings. The first-order chi connectivity index (χ1) is 17.6. The van der Waals surface area contributed by atoms with Crippen LogP contribution in [-0.2, 0) is 11.8 Å². The number of nitrogens with one attached hydrogen (secondary N) is 1. The number of thiophene rings is 1. The van der Waals surface area contributed by atoms with Gasteiger partial charge in [-0.05, 0) is 24.3 Å². The van der Waals surface area contributed by atoms with Gasteiger partial charge in [0.05, 0.1) is 18.6 Å². The van der Waals surface area contributed by atoms with Crippen LogP contribution in [0.3, 0.4) is 0 Å². The van der Waals surface area contributed by atoms with E-state index in [1.165, 1.54) is 11.3 Å². The van der Waals surface area contributed by atoms with Gasteiger partial charge in [-0.1, -0.05) is 30.3 Å². The summed E-state index contributed by atoms with van der Waals surface area (Å²) in [6.45, 7) is 2.42. The summed E-state index contributed by atoms with van der Waals surface area (Å²) in [5.41, 5.74) is 1.82. The standard InChI is InChI=1S/C26H28N6O3S/c1-31-8-7-27-24(31)23-29-22(28-18-13-16(14-18)15-33)20-19(17-5-3-2-4-6-17)21(36-25(20)30-23)26(34)32-9-11-35-12-10-32/h2-8,16,18,33H,9-15H2,1H3,(H,28,29,30). The number of hydrogen-bond donors (Lipinski definition) is 2. The number of aliphatic hydroxyl groups excluding tert-OH is 1. The van der Waals surface area contributed by atoms with Crippen LogP contribution in [0.25, 0.3) is 33.0 Å². The fraction of sp³-hybridized carbons (Fsp3) is 0.385. The lowest BCUT2D eigenvalue weighted by molar-refractivity contribution is 0.0306. The highest BCUT2D eigenvalue weighted by atomic mass is 32.1. The second-order valence-electron chi connectivity index (χ2n) is 9.38. The molecule has 1 aliphatic carbocycles. The number of ether oxygens (including phenoxy) is 1. The Kier molecular flexibility index (Phi) is 6.16. The molecular formula is C26H28N6O3S. The van der Waals surface area contributed by atoms with E-state index in [4.69, 9.17) is 14.7 Å². The number of morpholine rings is 1. The molecule has 4 heterocycles. The molecule has 186 valence electrons. The highest BCUT2D eigenvalue weighted by Gasteiger charge is 2.32. The number of anilines is 1. The van der Waals surface area contributed by atoms with Gasteiger partial charge in [-0.25, -0.2) is 15.0 Å². The normalized spacial score (nSPS) is 19.9. The number of imidazole rings is 1. The number of aliphatic hydroxyl groups is 1. The lowest BCUT2D eigenvalue weighted by Gasteiger charge is -2.35. The molecule has 1 amide bonds. The zero-order chi connectivity index (χ0) is 24.6. The second kappa shape index (κ2) is 9.61. The monoisotopic (exact) mass is 504 g/mol. The highest BCUT2D eigenvalue weighted by molar-refractivity contribution is 7.21. The minimum atomic E-state index is -0.00589. The maximum atomic E-state index is 13.8. The molecule has 1 aromatic carbocycles. The Hall–Kier alpha value is -3.34. The topological polar surface area (TPSA) is 105 Å². The van der Waals surface area contributed by atoms with E-state index >= 15 is 0 Å². The van der Waals surface area contributed by atoms with Gasteiger partial charge in [-0.3, -0.25) is 4.79 Å². The minimum absolute atomic E-state index is 0.00589. The predicted octanol–water partition coefficient (Wildman–Crippen LogP) is 3.41. The maximum absolute atomic E-state index is 13.8. The van der Waals surface area contributed by atoms with Crippen LogP contribution in [0.5, 0.6) is 0 Å². The molecule has 3 aromatic heterocycles. The number of carbonyl (C=O) groups is 1. The van der Waals surface area contributed by atoms with Gasteiger partial charge < -0.3 is 24.6 Å². The van der Waals surface area contributed by atoms with Crippen LogP contribution in [-0.4, -0.2) is 74.4 Å². The summed E-state index contributed by atoms with van der Waals surface area (Å²) in [6.07, 6.45) is 5.35. The zero-order valence-electron chi connectivity index (χ0n) is 20.1. The molecule has 1 saturated carbocycles. The Morgan fingerprint density at radius 2 is 1.97 bits per heavy atom. The van der Waals surface area contributed by atoms with Gasteiger partial charge in [-0.2, -0.15) is 0 Å². The molecule has 1 aliphatic heterocycles. The number of aromatic nitrogens is 4. The summed E-state index contributed by atoms with van der Waals surface area (Å²) in [6, 6.07) is 10.2. The quantitative estimate of drug-likeness (QED) is 0.415. The number of benzene rings is 1. The third-order valence-corrected chi connectivity index (χ3v) is 8.03. The maximum Gasteiger partial charge on any atom is 0.264 e. The van der Waals surface area contributed by atoms with E-state index in [0.717, 1.165) is 34.2 Å². The molecule has 0 bridgehead atoms. The molecule has 2 fully saturated rings. The summed E-state index contributed by atoms with van der Waals surface area (Å²) >= 11 is 1.41. The summed E-state index contributed by atoms with van der Waals surface area (Å²) in [4.78, 5) is 31.4. The largest absolute Gasteiger partial charge is 0.396 e. The molecule has 0 radical (unpaired) electrons. The molecule has 1 saturated heterocycles. The third-order valence-electron chi connectivity index (χ3n) is 6.96. The molecular weight excluding hydrogens is 476 g/mol. The Bertz CT molecular complexity index is 1390. The number of nitrogens with zero attached hydrogens (tertiary/aromatic N) is 5. The number of amides is 1. The van der Waals surface area contributed by atoms with Gasteiger partial charge in [0, 0.05) is 50.7 Å². The molecule has 2 aliphatic rings. The first kappa shape index (κ1) is 23.1. The Labute approximate surface area is 212 Å². The van der Waals surface area contributed by atoms with Gasteiger partial charge >= 0.3 is 0 Å². The van der Waals surface area contributed by atoms with Crippen LogP contribution in [0.4, 0.5) is 5.82 Å². The molecule has 0 unspecified atom stereocenters. The van der Waals surface area contributed by atoms with Crippen molar-refractivity contribution in [2.24, 2.45) is 13.0 Å². The van der Waals surface area contributed by atoms with Gasteiger partial charge in [0.15, 0.2) is 11.6 Å². The van der Waals surface area contributed by atoms with Gasteiger partial charge in [0.1, 0.15) is 15.5 Å². The number of hydrogen-bond acceptors (Lipinski definition) is 8. The zero-order valence-corrected chi connectivity index (χ0v) is 20.9. The van der Waals surface area contributed by atoms with Crippen LogP contribution in [0, 0.1) is 5.92 Å². The van der Waals surface area contributed by atoms with Crippen molar-refractivity contribution >= 4 is 33.3 Å². The van der Waals surface area contributed by atoms with E-state index in [1.807, 2.05) is 53.0 Å². The van der Waals surface area contributed by atoms with Crippen molar-refractivity contribution in [1.82, 2.24) is 24.4 Å². The summed E-state index contributed by atoms with van der Waals surface area (Å²) in [7, 11) is 1.91. The molecule has 6 rings (SSSR count). The molecule has 10 heteroatoms. The lowest BCUT2D eigenvalue weighted by Crippen LogP contribution is -2.40. The molecule has 2 N–H and O–H groups in total.